The van der Waals surface area contributed by atoms with Gasteiger partial charge in [-0.2, -0.15) is 0 Å². The van der Waals surface area contributed by atoms with Crippen molar-refractivity contribution in [1.29, 1.82) is 0 Å². The molecular formula is C9H12N5O5P. The Morgan fingerprint density at radius 2 is 2.25 bits per heavy atom. The SMILES string of the molecule is Nc1ncnc2c1ncn2[C@H]1C[C@@H](OP(=O)(O)O)CO1. The van der Waals surface area contributed by atoms with Gasteiger partial charge < -0.3 is 20.3 Å². The highest BCUT2D eigenvalue weighted by molar-refractivity contribution is 7.46. The normalized spacial score (nSPS) is 23.5. The molecule has 0 unspecified atom stereocenters. The molecule has 3 heterocycles. The standard InChI is InChI=1S/C9H12N5O5P/c10-8-7-9(12-3-11-8)14(4-13-7)6-1-5(2-18-6)19-20(15,16)17/h3-6H,1-2H2,(H2,10,11,12)(H2,15,16,17)/t5-,6-/m1/s1. The van der Waals surface area contributed by atoms with Gasteiger partial charge in [0.05, 0.1) is 19.0 Å². The Balaban J connectivity index is 1.83. The molecule has 0 spiro atoms. The average Bonchev–Trinajstić information content (AvgIpc) is 2.93. The van der Waals surface area contributed by atoms with E-state index in [0.717, 1.165) is 0 Å². The minimum absolute atomic E-state index is 0.0794. The maximum absolute atomic E-state index is 10.8. The van der Waals surface area contributed by atoms with Gasteiger partial charge in [-0.1, -0.05) is 0 Å². The minimum Gasteiger partial charge on any atom is -0.382 e. The van der Waals surface area contributed by atoms with E-state index in [2.05, 4.69) is 19.5 Å². The highest BCUT2D eigenvalue weighted by Gasteiger charge is 2.33. The second-order valence-corrected chi connectivity index (χ2v) is 5.52. The molecule has 0 bridgehead atoms. The molecule has 1 fully saturated rings. The summed E-state index contributed by atoms with van der Waals surface area (Å²) >= 11 is 0. The number of hydrogen-bond donors (Lipinski definition) is 3. The molecule has 4 N–H and O–H groups in total. The largest absolute Gasteiger partial charge is 0.469 e. The number of nitrogens with zero attached hydrogens (tertiary/aromatic N) is 4. The lowest BCUT2D eigenvalue weighted by Gasteiger charge is -2.12. The molecule has 108 valence electrons. The molecule has 10 nitrogen and oxygen atoms in total. The third kappa shape index (κ3) is 2.51. The van der Waals surface area contributed by atoms with Gasteiger partial charge in [-0.3, -0.25) is 9.09 Å². The van der Waals surface area contributed by atoms with E-state index >= 15 is 0 Å². The fourth-order valence-corrected chi connectivity index (χ4v) is 2.66. The number of ether oxygens (including phenoxy) is 1. The van der Waals surface area contributed by atoms with Gasteiger partial charge in [-0.05, 0) is 0 Å². The van der Waals surface area contributed by atoms with Gasteiger partial charge in [0.25, 0.3) is 0 Å². The van der Waals surface area contributed by atoms with Crippen molar-refractivity contribution in [2.24, 2.45) is 0 Å². The van der Waals surface area contributed by atoms with Crippen molar-refractivity contribution in [3.63, 3.8) is 0 Å². The zero-order valence-corrected chi connectivity index (χ0v) is 11.1. The predicted octanol–water partition coefficient (Wildman–Crippen LogP) is -0.195. The fraction of sp³-hybridized carbons (Fsp3) is 0.444. The second kappa shape index (κ2) is 4.76. The van der Waals surface area contributed by atoms with Gasteiger partial charge >= 0.3 is 7.82 Å². The molecule has 0 radical (unpaired) electrons. The minimum atomic E-state index is -4.52. The molecule has 1 aliphatic heterocycles. The van der Waals surface area contributed by atoms with Crippen molar-refractivity contribution in [3.8, 4) is 0 Å². The number of fused-ring (bicyclic) bond motifs is 1. The van der Waals surface area contributed by atoms with Crippen LogP contribution in [0.4, 0.5) is 5.82 Å². The van der Waals surface area contributed by atoms with Crippen LogP contribution < -0.4 is 5.73 Å². The molecule has 11 heteroatoms. The molecule has 3 rings (SSSR count). The summed E-state index contributed by atoms with van der Waals surface area (Å²) in [6.07, 6.45) is 1.94. The summed E-state index contributed by atoms with van der Waals surface area (Å²) in [6.45, 7) is 0.0794. The number of phosphoric ester groups is 1. The Hall–Kier alpha value is -1.58. The topological polar surface area (TPSA) is 146 Å². The van der Waals surface area contributed by atoms with Crippen LogP contribution in [-0.4, -0.2) is 42.0 Å². The van der Waals surface area contributed by atoms with Crippen LogP contribution in [0.25, 0.3) is 11.2 Å². The van der Waals surface area contributed by atoms with Gasteiger partial charge in [0.1, 0.15) is 18.1 Å². The molecule has 0 amide bonds. The lowest BCUT2D eigenvalue weighted by atomic mass is 10.3. The molecule has 0 aliphatic carbocycles. The van der Waals surface area contributed by atoms with E-state index in [9.17, 15) is 4.57 Å². The highest BCUT2D eigenvalue weighted by atomic mass is 31.2. The summed E-state index contributed by atoms with van der Waals surface area (Å²) < 4.78 is 22.5. The third-order valence-electron chi connectivity index (χ3n) is 2.92. The Bertz CT molecular complexity index is 684. The van der Waals surface area contributed by atoms with Crippen LogP contribution in [0.3, 0.4) is 0 Å². The maximum Gasteiger partial charge on any atom is 0.469 e. The van der Waals surface area contributed by atoms with Crippen LogP contribution in [0, 0.1) is 0 Å². The molecule has 20 heavy (non-hydrogen) atoms. The van der Waals surface area contributed by atoms with E-state index in [4.69, 9.17) is 20.3 Å². The molecule has 2 atom stereocenters. The lowest BCUT2D eigenvalue weighted by molar-refractivity contribution is 0.0491. The van der Waals surface area contributed by atoms with Crippen molar-refractivity contribution in [3.05, 3.63) is 12.7 Å². The van der Waals surface area contributed by atoms with Crippen LogP contribution in [0.2, 0.25) is 0 Å². The third-order valence-corrected chi connectivity index (χ3v) is 3.50. The highest BCUT2D eigenvalue weighted by Crippen LogP contribution is 2.41. The first-order valence-electron chi connectivity index (χ1n) is 5.72. The molecule has 0 saturated carbocycles. The average molecular weight is 301 g/mol. The van der Waals surface area contributed by atoms with Crippen LogP contribution >= 0.6 is 7.82 Å². The predicted molar refractivity (Wildman–Crippen MR) is 66.3 cm³/mol. The van der Waals surface area contributed by atoms with Crippen molar-refractivity contribution < 1.29 is 23.6 Å². The summed E-state index contributed by atoms with van der Waals surface area (Å²) in [5.74, 6) is 0.259. The Morgan fingerprint density at radius 3 is 3.00 bits per heavy atom. The van der Waals surface area contributed by atoms with E-state index < -0.39 is 20.2 Å². The zero-order chi connectivity index (χ0) is 14.3. The number of aromatic nitrogens is 4. The van der Waals surface area contributed by atoms with E-state index in [1.54, 1.807) is 4.57 Å². The quantitative estimate of drug-likeness (QED) is 0.656. The van der Waals surface area contributed by atoms with Crippen LogP contribution in [-0.2, 0) is 13.8 Å². The smallest absolute Gasteiger partial charge is 0.382 e. The second-order valence-electron chi connectivity index (χ2n) is 4.32. The van der Waals surface area contributed by atoms with Gasteiger partial charge in [0.15, 0.2) is 11.5 Å². The maximum atomic E-state index is 10.8. The first-order chi connectivity index (χ1) is 9.44. The van der Waals surface area contributed by atoms with Crippen LogP contribution in [0.1, 0.15) is 12.6 Å². The van der Waals surface area contributed by atoms with Gasteiger partial charge in [-0.15, -0.1) is 0 Å². The first-order valence-corrected chi connectivity index (χ1v) is 7.25. The van der Waals surface area contributed by atoms with E-state index in [-0.39, 0.29) is 18.8 Å². The number of anilines is 1. The molecule has 1 saturated heterocycles. The zero-order valence-electron chi connectivity index (χ0n) is 10.2. The van der Waals surface area contributed by atoms with E-state index in [1.165, 1.54) is 12.7 Å². The summed E-state index contributed by atoms with van der Waals surface area (Å²) in [5, 5.41) is 0. The summed E-state index contributed by atoms with van der Waals surface area (Å²) in [5.41, 5.74) is 6.64. The monoisotopic (exact) mass is 301 g/mol. The lowest BCUT2D eigenvalue weighted by Crippen LogP contribution is -2.11. The number of nitrogen functional groups attached to an aromatic ring is 1. The molecular weight excluding hydrogens is 289 g/mol. The van der Waals surface area contributed by atoms with Gasteiger partial charge in [-0.25, -0.2) is 19.5 Å². The van der Waals surface area contributed by atoms with Crippen molar-refractivity contribution >= 4 is 24.8 Å². The van der Waals surface area contributed by atoms with E-state index in [1.807, 2.05) is 0 Å². The number of nitrogens with two attached hydrogens (primary N) is 1. The Kier molecular flexibility index (Phi) is 3.19. The number of phosphoric acid groups is 1. The first kappa shape index (κ1) is 13.4. The fourth-order valence-electron chi connectivity index (χ4n) is 2.12. The van der Waals surface area contributed by atoms with Crippen molar-refractivity contribution in [2.75, 3.05) is 12.3 Å². The number of rotatable bonds is 3. The molecule has 2 aromatic heterocycles. The van der Waals surface area contributed by atoms with Crippen molar-refractivity contribution in [2.45, 2.75) is 18.8 Å². The Morgan fingerprint density at radius 1 is 1.45 bits per heavy atom. The van der Waals surface area contributed by atoms with Crippen LogP contribution in [0.15, 0.2) is 12.7 Å². The number of hydrogen-bond acceptors (Lipinski definition) is 7. The summed E-state index contributed by atoms with van der Waals surface area (Å²) in [7, 11) is -4.52. The van der Waals surface area contributed by atoms with E-state index in [0.29, 0.717) is 11.2 Å². The summed E-state index contributed by atoms with van der Waals surface area (Å²) in [6, 6.07) is 0. The molecule has 2 aromatic rings. The van der Waals surface area contributed by atoms with Gasteiger partial charge in [0.2, 0.25) is 0 Å². The van der Waals surface area contributed by atoms with Gasteiger partial charge in [0, 0.05) is 6.42 Å². The van der Waals surface area contributed by atoms with Crippen molar-refractivity contribution in [1.82, 2.24) is 19.5 Å². The molecule has 0 aromatic carbocycles. The van der Waals surface area contributed by atoms with Crippen LogP contribution in [0.5, 0.6) is 0 Å². The summed E-state index contributed by atoms with van der Waals surface area (Å²) in [4.78, 5) is 29.6. The number of imidazole rings is 1. The Labute approximate surface area is 112 Å². The molecule has 1 aliphatic rings.